The van der Waals surface area contributed by atoms with Crippen molar-refractivity contribution in [2.75, 3.05) is 18.1 Å². The van der Waals surface area contributed by atoms with Crippen molar-refractivity contribution >= 4 is 15.7 Å². The molecular weight excluding hydrogens is 417 g/mol. The number of aromatic nitrogens is 1. The highest BCUT2D eigenvalue weighted by Gasteiger charge is 2.48. The highest BCUT2D eigenvalue weighted by Crippen LogP contribution is 2.53. The van der Waals surface area contributed by atoms with E-state index in [9.17, 15) is 26.4 Å². The third-order valence-corrected chi connectivity index (χ3v) is 8.15. The van der Waals surface area contributed by atoms with Crippen molar-refractivity contribution in [3.8, 4) is 0 Å². The van der Waals surface area contributed by atoms with Crippen molar-refractivity contribution in [2.45, 2.75) is 58.5 Å². The van der Waals surface area contributed by atoms with Crippen molar-refractivity contribution in [3.05, 3.63) is 29.1 Å². The van der Waals surface area contributed by atoms with E-state index >= 15 is 0 Å². The molecule has 1 aromatic heterocycles. The Bertz CT molecular complexity index is 889. The molecule has 1 N–H and O–H groups in total. The second kappa shape index (κ2) is 8.48. The number of hydrogen-bond donors (Lipinski definition) is 1. The fourth-order valence-corrected chi connectivity index (χ4v) is 6.41. The number of alkyl halides is 3. The fraction of sp³-hybridized carbons (Fsp3) is 0.714. The molecule has 2 aliphatic carbocycles. The molecule has 2 saturated carbocycles. The van der Waals surface area contributed by atoms with Gasteiger partial charge in [0.25, 0.3) is 5.91 Å². The standard InChI is InChI=1S/C21H29F3N2O3S/c1-3-6-30(28,29)12-16-9-20(10-16,8-15-4-5-15)13-26-19(27)17-11-25-18(7-14(17)2)21(22,23)24/h7,11,15-16H,3-6,8-10,12-13H2,1-2H3,(H,26,27)/t16-,20-. The molecule has 0 spiro atoms. The Morgan fingerprint density at radius 3 is 2.47 bits per heavy atom. The summed E-state index contributed by atoms with van der Waals surface area (Å²) in [5.41, 5.74) is -0.776. The number of carbonyl (C=O) groups is 1. The minimum absolute atomic E-state index is 0.115. The molecule has 0 bridgehead atoms. The van der Waals surface area contributed by atoms with Crippen LogP contribution in [0, 0.1) is 24.2 Å². The minimum atomic E-state index is -4.55. The first-order valence-corrected chi connectivity index (χ1v) is 12.3. The van der Waals surface area contributed by atoms with E-state index in [-0.39, 0.29) is 34.0 Å². The van der Waals surface area contributed by atoms with E-state index in [2.05, 4.69) is 10.3 Å². The van der Waals surface area contributed by atoms with Gasteiger partial charge in [-0.15, -0.1) is 0 Å². The van der Waals surface area contributed by atoms with E-state index in [1.807, 2.05) is 6.92 Å². The predicted molar refractivity (Wildman–Crippen MR) is 108 cm³/mol. The number of amides is 1. The third-order valence-electron chi connectivity index (χ3n) is 6.14. The summed E-state index contributed by atoms with van der Waals surface area (Å²) < 4.78 is 62.6. The average molecular weight is 447 g/mol. The fourth-order valence-electron chi connectivity index (χ4n) is 4.67. The van der Waals surface area contributed by atoms with Gasteiger partial charge in [0.2, 0.25) is 0 Å². The van der Waals surface area contributed by atoms with Crippen LogP contribution in [0.15, 0.2) is 12.3 Å². The van der Waals surface area contributed by atoms with Gasteiger partial charge >= 0.3 is 6.18 Å². The molecule has 2 aliphatic rings. The minimum Gasteiger partial charge on any atom is -0.351 e. The van der Waals surface area contributed by atoms with Crippen LogP contribution in [0.4, 0.5) is 13.2 Å². The summed E-state index contributed by atoms with van der Waals surface area (Å²) in [5, 5.41) is 2.87. The largest absolute Gasteiger partial charge is 0.433 e. The first-order valence-electron chi connectivity index (χ1n) is 10.5. The highest BCUT2D eigenvalue weighted by atomic mass is 32.2. The quantitative estimate of drug-likeness (QED) is 0.618. The zero-order valence-electron chi connectivity index (χ0n) is 17.4. The molecule has 3 rings (SSSR count). The van der Waals surface area contributed by atoms with Crippen LogP contribution in [-0.2, 0) is 16.0 Å². The van der Waals surface area contributed by atoms with Crippen LogP contribution < -0.4 is 5.32 Å². The molecule has 5 nitrogen and oxygen atoms in total. The Balaban J connectivity index is 1.61. The van der Waals surface area contributed by atoms with Crippen molar-refractivity contribution in [3.63, 3.8) is 0 Å². The first kappa shape index (κ1) is 23.0. The monoisotopic (exact) mass is 446 g/mol. The number of aryl methyl sites for hydroxylation is 1. The lowest BCUT2D eigenvalue weighted by atomic mass is 9.60. The van der Waals surface area contributed by atoms with Gasteiger partial charge in [-0.1, -0.05) is 19.8 Å². The number of nitrogens with zero attached hydrogens (tertiary/aromatic N) is 1. The summed E-state index contributed by atoms with van der Waals surface area (Å²) in [7, 11) is -3.04. The number of carbonyl (C=O) groups excluding carboxylic acids is 1. The molecule has 168 valence electrons. The van der Waals surface area contributed by atoms with Gasteiger partial charge in [0, 0.05) is 18.5 Å². The maximum atomic E-state index is 12.8. The van der Waals surface area contributed by atoms with Crippen LogP contribution in [0.25, 0.3) is 0 Å². The molecule has 0 radical (unpaired) electrons. The van der Waals surface area contributed by atoms with Crippen LogP contribution in [0.2, 0.25) is 0 Å². The van der Waals surface area contributed by atoms with Crippen molar-refractivity contribution in [1.29, 1.82) is 0 Å². The molecule has 9 heteroatoms. The maximum Gasteiger partial charge on any atom is 0.433 e. The molecular formula is C21H29F3N2O3S. The second-order valence-electron chi connectivity index (χ2n) is 9.10. The molecule has 1 heterocycles. The van der Waals surface area contributed by atoms with Gasteiger partial charge in [-0.3, -0.25) is 9.78 Å². The van der Waals surface area contributed by atoms with Crippen LogP contribution in [0.3, 0.4) is 0 Å². The lowest BCUT2D eigenvalue weighted by Crippen LogP contribution is -2.48. The van der Waals surface area contributed by atoms with Gasteiger partial charge in [-0.05, 0) is 61.5 Å². The van der Waals surface area contributed by atoms with E-state index in [1.54, 1.807) is 0 Å². The Morgan fingerprint density at radius 2 is 1.93 bits per heavy atom. The van der Waals surface area contributed by atoms with Gasteiger partial charge in [0.15, 0.2) is 9.84 Å². The Morgan fingerprint density at radius 1 is 1.27 bits per heavy atom. The van der Waals surface area contributed by atoms with E-state index in [1.165, 1.54) is 6.92 Å². The van der Waals surface area contributed by atoms with Crippen LogP contribution in [0.1, 0.15) is 67.1 Å². The summed E-state index contributed by atoms with van der Waals surface area (Å²) in [5.74, 6) is 0.710. The lowest BCUT2D eigenvalue weighted by molar-refractivity contribution is -0.141. The Labute approximate surface area is 175 Å². The van der Waals surface area contributed by atoms with Crippen molar-refractivity contribution in [1.82, 2.24) is 10.3 Å². The molecule has 30 heavy (non-hydrogen) atoms. The second-order valence-corrected chi connectivity index (χ2v) is 11.3. The van der Waals surface area contributed by atoms with Gasteiger partial charge < -0.3 is 5.32 Å². The number of halogens is 3. The molecule has 0 aromatic carbocycles. The summed E-state index contributed by atoms with van der Waals surface area (Å²) in [4.78, 5) is 16.0. The first-order chi connectivity index (χ1) is 13.9. The van der Waals surface area contributed by atoms with E-state index in [4.69, 9.17) is 0 Å². The summed E-state index contributed by atoms with van der Waals surface area (Å²) in [6.45, 7) is 3.72. The Hall–Kier alpha value is -1.64. The van der Waals surface area contributed by atoms with Gasteiger partial charge in [-0.2, -0.15) is 13.2 Å². The van der Waals surface area contributed by atoms with Crippen molar-refractivity contribution in [2.24, 2.45) is 17.3 Å². The summed E-state index contributed by atoms with van der Waals surface area (Å²) in [6.07, 6.45) is 1.84. The third kappa shape index (κ3) is 5.74. The average Bonchev–Trinajstić information content (AvgIpc) is 3.40. The summed E-state index contributed by atoms with van der Waals surface area (Å²) >= 11 is 0. The number of pyridine rings is 1. The zero-order valence-corrected chi connectivity index (χ0v) is 18.2. The molecule has 0 aliphatic heterocycles. The predicted octanol–water partition coefficient (Wildman–Crippen LogP) is 4.16. The molecule has 2 fully saturated rings. The molecule has 0 saturated heterocycles. The van der Waals surface area contributed by atoms with Gasteiger partial charge in [-0.25, -0.2) is 8.42 Å². The summed E-state index contributed by atoms with van der Waals surface area (Å²) in [6, 6.07) is 0.882. The van der Waals surface area contributed by atoms with Crippen molar-refractivity contribution < 1.29 is 26.4 Å². The van der Waals surface area contributed by atoms with Crippen LogP contribution in [-0.4, -0.2) is 37.4 Å². The zero-order chi connectivity index (χ0) is 22.2. The smallest absolute Gasteiger partial charge is 0.351 e. The molecule has 1 amide bonds. The Kier molecular flexibility index (Phi) is 6.51. The van der Waals surface area contributed by atoms with Crippen LogP contribution >= 0.6 is 0 Å². The lowest BCUT2D eigenvalue weighted by Gasteiger charge is -2.48. The normalized spacial score (nSPS) is 24.4. The van der Waals surface area contributed by atoms with E-state index in [0.717, 1.165) is 44.4 Å². The SMILES string of the molecule is CCCS(=O)(=O)C[C@H]1C[C@@](CNC(=O)c2cnc(C(F)(F)F)cc2C)(CC2CC2)C1. The number of sulfone groups is 1. The number of nitrogens with one attached hydrogen (secondary N) is 1. The highest BCUT2D eigenvalue weighted by molar-refractivity contribution is 7.91. The molecule has 0 atom stereocenters. The van der Waals surface area contributed by atoms with E-state index in [0.29, 0.717) is 18.9 Å². The van der Waals surface area contributed by atoms with E-state index < -0.39 is 27.6 Å². The topological polar surface area (TPSA) is 76.1 Å². The number of hydrogen-bond acceptors (Lipinski definition) is 4. The van der Waals surface area contributed by atoms with Gasteiger partial charge in [0.05, 0.1) is 11.3 Å². The molecule has 0 unspecified atom stereocenters. The van der Waals surface area contributed by atoms with Gasteiger partial charge in [0.1, 0.15) is 5.69 Å². The maximum absolute atomic E-state index is 12.8. The number of rotatable bonds is 9. The van der Waals surface area contributed by atoms with Crippen LogP contribution in [0.5, 0.6) is 0 Å². The molecule has 1 aromatic rings.